The molecule has 0 saturated carbocycles. The van der Waals surface area contributed by atoms with E-state index < -0.39 is 11.4 Å². The third kappa shape index (κ3) is 4.01. The van der Waals surface area contributed by atoms with Crippen molar-refractivity contribution in [2.75, 3.05) is 13.1 Å². The highest BCUT2D eigenvalue weighted by Gasteiger charge is 2.24. The highest BCUT2D eigenvalue weighted by molar-refractivity contribution is 6.30. The van der Waals surface area contributed by atoms with Crippen LogP contribution in [0.15, 0.2) is 18.2 Å². The number of nitrogens with zero attached hydrogens (tertiary/aromatic N) is 1. The molecule has 120 valence electrons. The van der Waals surface area contributed by atoms with Gasteiger partial charge in [0.15, 0.2) is 0 Å². The van der Waals surface area contributed by atoms with Gasteiger partial charge in [0.2, 0.25) is 0 Å². The molecule has 0 aromatic heterocycles. The van der Waals surface area contributed by atoms with Crippen molar-refractivity contribution in [3.05, 3.63) is 40.2 Å². The number of benzene rings is 1. The Labute approximate surface area is 135 Å². The summed E-state index contributed by atoms with van der Waals surface area (Å²) in [4.78, 5) is 13.7. The zero-order valence-electron chi connectivity index (χ0n) is 13.4. The van der Waals surface area contributed by atoms with E-state index in [9.17, 15) is 9.18 Å². The van der Waals surface area contributed by atoms with Gasteiger partial charge in [-0.1, -0.05) is 17.7 Å². The second-order valence-electron chi connectivity index (χ2n) is 6.49. The van der Waals surface area contributed by atoms with Crippen LogP contribution in [-0.2, 0) is 4.74 Å². The van der Waals surface area contributed by atoms with Crippen LogP contribution in [0.4, 0.5) is 9.18 Å². The summed E-state index contributed by atoms with van der Waals surface area (Å²) in [5.41, 5.74) is 2.32. The lowest BCUT2D eigenvalue weighted by Gasteiger charge is -2.30. The normalized spacial score (nSPS) is 15.5. The summed E-state index contributed by atoms with van der Waals surface area (Å²) in [5.74, 6) is -0.419. The molecule has 1 aliphatic heterocycles. The Balaban J connectivity index is 2.12. The number of ether oxygens (including phenoxy) is 1. The lowest BCUT2D eigenvalue weighted by atomic mass is 9.95. The van der Waals surface area contributed by atoms with Gasteiger partial charge in [-0.2, -0.15) is 0 Å². The van der Waals surface area contributed by atoms with Gasteiger partial charge < -0.3 is 9.64 Å². The SMILES string of the molecule is Cc1cc(Cl)c(F)cc1C1=CCN(C(=O)OC(C)(C)C)CC1. The van der Waals surface area contributed by atoms with E-state index in [2.05, 4.69) is 0 Å². The molecule has 3 nitrogen and oxygen atoms in total. The summed E-state index contributed by atoms with van der Waals surface area (Å²) in [6.45, 7) is 8.46. The average molecular weight is 326 g/mol. The maximum absolute atomic E-state index is 13.7. The van der Waals surface area contributed by atoms with Gasteiger partial charge >= 0.3 is 6.09 Å². The van der Waals surface area contributed by atoms with Crippen molar-refractivity contribution in [1.82, 2.24) is 4.90 Å². The Bertz CT molecular complexity index is 620. The van der Waals surface area contributed by atoms with E-state index in [0.29, 0.717) is 19.5 Å². The van der Waals surface area contributed by atoms with E-state index >= 15 is 0 Å². The fraction of sp³-hybridized carbons (Fsp3) is 0.471. The van der Waals surface area contributed by atoms with E-state index in [1.807, 2.05) is 33.8 Å². The summed E-state index contributed by atoms with van der Waals surface area (Å²) in [7, 11) is 0. The van der Waals surface area contributed by atoms with E-state index in [1.54, 1.807) is 11.0 Å². The van der Waals surface area contributed by atoms with Gasteiger partial charge in [0.05, 0.1) is 5.02 Å². The van der Waals surface area contributed by atoms with Gasteiger partial charge in [-0.15, -0.1) is 0 Å². The number of carbonyl (C=O) groups is 1. The van der Waals surface area contributed by atoms with E-state index in [-0.39, 0.29) is 11.1 Å². The lowest BCUT2D eigenvalue weighted by molar-refractivity contribution is 0.0270. The number of aryl methyl sites for hydroxylation is 1. The van der Waals surface area contributed by atoms with Gasteiger partial charge in [-0.05, 0) is 62.9 Å². The van der Waals surface area contributed by atoms with E-state index in [4.69, 9.17) is 16.3 Å². The third-order valence-electron chi connectivity index (χ3n) is 3.47. The molecule has 0 spiro atoms. The fourth-order valence-corrected chi connectivity index (χ4v) is 2.62. The van der Waals surface area contributed by atoms with Gasteiger partial charge in [-0.3, -0.25) is 0 Å². The number of amides is 1. The van der Waals surface area contributed by atoms with Gasteiger partial charge in [0.25, 0.3) is 0 Å². The molecule has 0 aliphatic carbocycles. The Morgan fingerprint density at radius 1 is 1.36 bits per heavy atom. The second-order valence-corrected chi connectivity index (χ2v) is 6.89. The summed E-state index contributed by atoms with van der Waals surface area (Å²) < 4.78 is 19.0. The first-order chi connectivity index (χ1) is 10.2. The predicted molar refractivity (Wildman–Crippen MR) is 86.5 cm³/mol. The second kappa shape index (κ2) is 6.29. The van der Waals surface area contributed by atoms with Gasteiger partial charge in [-0.25, -0.2) is 9.18 Å². The highest BCUT2D eigenvalue weighted by atomic mass is 35.5. The monoisotopic (exact) mass is 325 g/mol. The number of halogens is 2. The molecule has 0 saturated heterocycles. The first kappa shape index (κ1) is 16.8. The van der Waals surface area contributed by atoms with E-state index in [0.717, 1.165) is 16.7 Å². The van der Waals surface area contributed by atoms with Crippen molar-refractivity contribution >= 4 is 23.3 Å². The molecule has 0 unspecified atom stereocenters. The van der Waals surface area contributed by atoms with Crippen molar-refractivity contribution in [2.24, 2.45) is 0 Å². The topological polar surface area (TPSA) is 29.5 Å². The molecule has 22 heavy (non-hydrogen) atoms. The molecule has 0 bridgehead atoms. The minimum atomic E-state index is -0.503. The first-order valence-electron chi connectivity index (χ1n) is 7.30. The molecular formula is C17H21ClFNO2. The molecule has 1 aromatic carbocycles. The summed E-state index contributed by atoms with van der Waals surface area (Å²) in [6.07, 6.45) is 2.30. The summed E-state index contributed by atoms with van der Waals surface area (Å²) >= 11 is 5.79. The zero-order chi connectivity index (χ0) is 16.5. The standard InChI is InChI=1S/C17H21ClFNO2/c1-11-9-14(18)15(19)10-13(11)12-5-7-20(8-6-12)16(21)22-17(2,3)4/h5,9-10H,6-8H2,1-4H3. The minimum Gasteiger partial charge on any atom is -0.444 e. The summed E-state index contributed by atoms with van der Waals surface area (Å²) in [5, 5.41) is 0.132. The van der Waals surface area contributed by atoms with Crippen LogP contribution in [0.5, 0.6) is 0 Å². The molecule has 0 radical (unpaired) electrons. The van der Waals surface area contributed by atoms with Crippen LogP contribution in [0.25, 0.3) is 5.57 Å². The molecule has 0 atom stereocenters. The Kier molecular flexibility index (Phi) is 4.81. The third-order valence-corrected chi connectivity index (χ3v) is 3.76. The minimum absolute atomic E-state index is 0.132. The van der Waals surface area contributed by atoms with Gasteiger partial charge in [0.1, 0.15) is 11.4 Å². The van der Waals surface area contributed by atoms with Crippen molar-refractivity contribution in [1.29, 1.82) is 0 Å². The lowest BCUT2D eigenvalue weighted by Crippen LogP contribution is -2.39. The first-order valence-corrected chi connectivity index (χ1v) is 7.68. The number of hydrogen-bond donors (Lipinski definition) is 0. The number of carbonyl (C=O) groups excluding carboxylic acids is 1. The highest BCUT2D eigenvalue weighted by Crippen LogP contribution is 2.29. The smallest absolute Gasteiger partial charge is 0.410 e. The predicted octanol–water partition coefficient (Wildman–Crippen LogP) is 4.81. The molecule has 0 fully saturated rings. The van der Waals surface area contributed by atoms with E-state index in [1.165, 1.54) is 6.07 Å². The van der Waals surface area contributed by atoms with Crippen LogP contribution < -0.4 is 0 Å². The number of hydrogen-bond acceptors (Lipinski definition) is 2. The van der Waals surface area contributed by atoms with Crippen LogP contribution >= 0.6 is 11.6 Å². The van der Waals surface area contributed by atoms with Crippen LogP contribution in [0.3, 0.4) is 0 Å². The molecule has 5 heteroatoms. The van der Waals surface area contributed by atoms with Crippen LogP contribution in [0, 0.1) is 12.7 Å². The maximum atomic E-state index is 13.7. The summed E-state index contributed by atoms with van der Waals surface area (Å²) in [6, 6.07) is 3.10. The Morgan fingerprint density at radius 3 is 2.59 bits per heavy atom. The average Bonchev–Trinajstić information content (AvgIpc) is 2.41. The number of rotatable bonds is 1. The Morgan fingerprint density at radius 2 is 2.05 bits per heavy atom. The maximum Gasteiger partial charge on any atom is 0.410 e. The van der Waals surface area contributed by atoms with Crippen molar-refractivity contribution in [3.63, 3.8) is 0 Å². The Hall–Kier alpha value is -1.55. The van der Waals surface area contributed by atoms with Crippen molar-refractivity contribution in [2.45, 2.75) is 39.7 Å². The van der Waals surface area contributed by atoms with Gasteiger partial charge in [0, 0.05) is 13.1 Å². The van der Waals surface area contributed by atoms with Crippen LogP contribution in [0.2, 0.25) is 5.02 Å². The zero-order valence-corrected chi connectivity index (χ0v) is 14.1. The van der Waals surface area contributed by atoms with Crippen molar-refractivity contribution < 1.29 is 13.9 Å². The molecular weight excluding hydrogens is 305 g/mol. The molecule has 0 N–H and O–H groups in total. The quantitative estimate of drug-likeness (QED) is 0.741. The molecule has 1 aromatic rings. The molecule has 1 amide bonds. The fourth-order valence-electron chi connectivity index (χ4n) is 2.40. The van der Waals surface area contributed by atoms with Crippen LogP contribution in [-0.4, -0.2) is 29.7 Å². The van der Waals surface area contributed by atoms with Crippen LogP contribution in [0.1, 0.15) is 38.3 Å². The molecule has 2 rings (SSSR count). The molecule has 1 heterocycles. The van der Waals surface area contributed by atoms with Crippen molar-refractivity contribution in [3.8, 4) is 0 Å². The molecule has 1 aliphatic rings. The largest absolute Gasteiger partial charge is 0.444 e.